The molecule has 148 valence electrons. The Kier molecular flexibility index (Phi) is 4.89. The van der Waals surface area contributed by atoms with Crippen LogP contribution in [0, 0.1) is 5.92 Å². The number of benzene rings is 2. The fraction of sp³-hybridized carbons (Fsp3) is 0.350. The van der Waals surface area contributed by atoms with E-state index in [-0.39, 0.29) is 11.7 Å². The van der Waals surface area contributed by atoms with E-state index in [2.05, 4.69) is 4.74 Å². The van der Waals surface area contributed by atoms with Gasteiger partial charge in [-0.05, 0) is 48.2 Å². The van der Waals surface area contributed by atoms with Crippen molar-refractivity contribution in [1.82, 2.24) is 4.57 Å². The van der Waals surface area contributed by atoms with Gasteiger partial charge >= 0.3 is 12.1 Å². The molecule has 1 unspecified atom stereocenters. The number of halogens is 3. The molecule has 2 heterocycles. The summed E-state index contributed by atoms with van der Waals surface area (Å²) in [5.41, 5.74) is 2.60. The molecule has 1 aliphatic heterocycles. The molecule has 0 spiro atoms. The molecule has 1 atom stereocenters. The summed E-state index contributed by atoms with van der Waals surface area (Å²) in [6, 6.07) is 10.9. The Balaban J connectivity index is 1.63. The van der Waals surface area contributed by atoms with Gasteiger partial charge in [0.2, 0.25) is 0 Å². The zero-order valence-electron chi connectivity index (χ0n) is 14.9. The number of fused-ring (bicyclic) bond motifs is 1. The van der Waals surface area contributed by atoms with Gasteiger partial charge in [0.25, 0.3) is 0 Å². The van der Waals surface area contributed by atoms with Gasteiger partial charge in [-0.3, -0.25) is 4.57 Å². The second-order valence-electron chi connectivity index (χ2n) is 6.82. The second kappa shape index (κ2) is 7.35. The van der Waals surface area contributed by atoms with Crippen LogP contribution in [0.25, 0.3) is 22.2 Å². The molecule has 1 fully saturated rings. The largest absolute Gasteiger partial charge is 0.573 e. The lowest BCUT2D eigenvalue weighted by Gasteiger charge is -2.21. The highest BCUT2D eigenvalue weighted by Gasteiger charge is 2.31. The molecule has 3 aromatic rings. The van der Waals surface area contributed by atoms with Gasteiger partial charge in [0.15, 0.2) is 5.58 Å². The lowest BCUT2D eigenvalue weighted by atomic mass is 10.0. The van der Waals surface area contributed by atoms with Gasteiger partial charge in [0.05, 0.1) is 12.1 Å². The minimum Gasteiger partial charge on any atom is -0.408 e. The maximum atomic E-state index is 12.3. The molecular weight excluding hydrogens is 375 g/mol. The van der Waals surface area contributed by atoms with Crippen LogP contribution in [0.3, 0.4) is 0 Å². The van der Waals surface area contributed by atoms with Crippen LogP contribution in [0.4, 0.5) is 13.2 Å². The van der Waals surface area contributed by atoms with Crippen molar-refractivity contribution >= 4 is 11.1 Å². The summed E-state index contributed by atoms with van der Waals surface area (Å²) in [4.78, 5) is 12.3. The van der Waals surface area contributed by atoms with E-state index in [0.717, 1.165) is 25.0 Å². The van der Waals surface area contributed by atoms with Crippen LogP contribution in [0.1, 0.15) is 12.8 Å². The molecule has 28 heavy (non-hydrogen) atoms. The molecular formula is C20H18F3NO4. The zero-order chi connectivity index (χ0) is 19.7. The number of ether oxygens (including phenoxy) is 2. The van der Waals surface area contributed by atoms with Crippen molar-refractivity contribution in [2.45, 2.75) is 25.7 Å². The zero-order valence-corrected chi connectivity index (χ0v) is 14.9. The van der Waals surface area contributed by atoms with Gasteiger partial charge in [0, 0.05) is 19.1 Å². The van der Waals surface area contributed by atoms with E-state index in [9.17, 15) is 18.0 Å². The number of nitrogens with zero attached hydrogens (tertiary/aromatic N) is 1. The SMILES string of the molecule is O=c1oc2ccc(-c3ccc(OC(F)(F)F)cc3)cc2n1CC1CCCOC1. The summed E-state index contributed by atoms with van der Waals surface area (Å²) in [5, 5.41) is 0. The lowest BCUT2D eigenvalue weighted by Crippen LogP contribution is -2.26. The summed E-state index contributed by atoms with van der Waals surface area (Å²) < 4.78 is 53.2. The Morgan fingerprint density at radius 2 is 1.86 bits per heavy atom. The van der Waals surface area contributed by atoms with Crippen molar-refractivity contribution in [2.75, 3.05) is 13.2 Å². The number of hydrogen-bond donors (Lipinski definition) is 0. The highest BCUT2D eigenvalue weighted by Crippen LogP contribution is 2.29. The first-order valence-corrected chi connectivity index (χ1v) is 8.96. The molecule has 8 heteroatoms. The van der Waals surface area contributed by atoms with Gasteiger partial charge in [-0.1, -0.05) is 18.2 Å². The average Bonchev–Trinajstić information content (AvgIpc) is 2.97. The third-order valence-corrected chi connectivity index (χ3v) is 4.78. The number of aromatic nitrogens is 1. The number of hydrogen-bond acceptors (Lipinski definition) is 4. The molecule has 2 aromatic carbocycles. The number of oxazole rings is 1. The summed E-state index contributed by atoms with van der Waals surface area (Å²) in [5.74, 6) is -0.462. The quantitative estimate of drug-likeness (QED) is 0.651. The van der Waals surface area contributed by atoms with Gasteiger partial charge in [-0.15, -0.1) is 13.2 Å². The normalized spacial score (nSPS) is 17.8. The Morgan fingerprint density at radius 1 is 1.11 bits per heavy atom. The number of alkyl halides is 3. The van der Waals surface area contributed by atoms with Crippen LogP contribution < -0.4 is 10.5 Å². The Hall–Kier alpha value is -2.74. The second-order valence-corrected chi connectivity index (χ2v) is 6.82. The molecule has 0 amide bonds. The van der Waals surface area contributed by atoms with E-state index < -0.39 is 12.1 Å². The molecule has 0 radical (unpaired) electrons. The smallest absolute Gasteiger partial charge is 0.408 e. The highest BCUT2D eigenvalue weighted by molar-refractivity contribution is 5.80. The summed E-state index contributed by atoms with van der Waals surface area (Å²) in [7, 11) is 0. The van der Waals surface area contributed by atoms with E-state index in [0.29, 0.717) is 29.8 Å². The van der Waals surface area contributed by atoms with Crippen molar-refractivity contribution in [3.63, 3.8) is 0 Å². The standard InChI is InChI=1S/C20H18F3NO4/c21-20(22,23)28-16-6-3-14(4-7-16)15-5-8-18-17(10-15)24(19(25)27-18)11-13-2-1-9-26-12-13/h3-8,10,13H,1-2,9,11-12H2. The van der Waals surface area contributed by atoms with Gasteiger partial charge in [-0.2, -0.15) is 0 Å². The van der Waals surface area contributed by atoms with Crippen molar-refractivity contribution < 1.29 is 27.1 Å². The fourth-order valence-electron chi connectivity index (χ4n) is 3.47. The van der Waals surface area contributed by atoms with E-state index in [4.69, 9.17) is 9.15 Å². The summed E-state index contributed by atoms with van der Waals surface area (Å²) in [6.07, 6.45) is -2.78. The molecule has 4 rings (SSSR count). The van der Waals surface area contributed by atoms with Gasteiger partial charge in [0.1, 0.15) is 5.75 Å². The van der Waals surface area contributed by atoms with Crippen LogP contribution >= 0.6 is 0 Å². The predicted octanol–water partition coefficient (Wildman–Crippen LogP) is 4.59. The van der Waals surface area contributed by atoms with Crippen molar-refractivity contribution in [3.8, 4) is 16.9 Å². The van der Waals surface area contributed by atoms with Crippen molar-refractivity contribution in [3.05, 3.63) is 53.0 Å². The minimum atomic E-state index is -4.73. The Morgan fingerprint density at radius 3 is 2.54 bits per heavy atom. The first-order chi connectivity index (χ1) is 13.4. The molecule has 0 N–H and O–H groups in total. The Bertz CT molecular complexity index is 1010. The maximum Gasteiger partial charge on any atom is 0.573 e. The first kappa shape index (κ1) is 18.6. The molecule has 5 nitrogen and oxygen atoms in total. The van der Waals surface area contributed by atoms with Crippen LogP contribution in [0.2, 0.25) is 0 Å². The maximum absolute atomic E-state index is 12.3. The van der Waals surface area contributed by atoms with E-state index in [1.54, 1.807) is 28.8 Å². The van der Waals surface area contributed by atoms with Gasteiger partial charge < -0.3 is 13.9 Å². The summed E-state index contributed by atoms with van der Waals surface area (Å²) >= 11 is 0. The number of rotatable bonds is 4. The van der Waals surface area contributed by atoms with Crippen molar-refractivity contribution in [1.29, 1.82) is 0 Å². The fourth-order valence-corrected chi connectivity index (χ4v) is 3.47. The molecule has 0 aliphatic carbocycles. The highest BCUT2D eigenvalue weighted by atomic mass is 19.4. The minimum absolute atomic E-state index is 0.245. The molecule has 0 bridgehead atoms. The topological polar surface area (TPSA) is 53.6 Å². The van der Waals surface area contributed by atoms with Crippen LogP contribution in [0.15, 0.2) is 51.7 Å². The predicted molar refractivity (Wildman–Crippen MR) is 96.1 cm³/mol. The van der Waals surface area contributed by atoms with Gasteiger partial charge in [-0.25, -0.2) is 4.79 Å². The molecule has 1 aliphatic rings. The molecule has 0 saturated carbocycles. The first-order valence-electron chi connectivity index (χ1n) is 8.96. The third kappa shape index (κ3) is 4.06. The molecule has 1 saturated heterocycles. The monoisotopic (exact) mass is 393 g/mol. The van der Waals surface area contributed by atoms with Crippen LogP contribution in [-0.2, 0) is 11.3 Å². The van der Waals surface area contributed by atoms with Crippen LogP contribution in [-0.4, -0.2) is 24.1 Å². The average molecular weight is 393 g/mol. The third-order valence-electron chi connectivity index (χ3n) is 4.78. The molecule has 1 aromatic heterocycles. The summed E-state index contributed by atoms with van der Waals surface area (Å²) in [6.45, 7) is 1.86. The Labute approximate surface area is 158 Å². The lowest BCUT2D eigenvalue weighted by molar-refractivity contribution is -0.274. The van der Waals surface area contributed by atoms with E-state index >= 15 is 0 Å². The van der Waals surface area contributed by atoms with Crippen LogP contribution in [0.5, 0.6) is 5.75 Å². The van der Waals surface area contributed by atoms with Crippen molar-refractivity contribution in [2.24, 2.45) is 5.92 Å². The van der Waals surface area contributed by atoms with E-state index in [1.165, 1.54) is 12.1 Å². The van der Waals surface area contributed by atoms with E-state index in [1.807, 2.05) is 6.07 Å².